The summed E-state index contributed by atoms with van der Waals surface area (Å²) in [6, 6.07) is 9.77. The van der Waals surface area contributed by atoms with Gasteiger partial charge in [-0.05, 0) is 38.3 Å². The van der Waals surface area contributed by atoms with Gasteiger partial charge in [-0.25, -0.2) is 0 Å². The number of ketones is 1. The molecule has 15 nitrogen and oxygen atoms in total. The number of benzene rings is 3. The van der Waals surface area contributed by atoms with Gasteiger partial charge in [-0.15, -0.1) is 0 Å². The fourth-order valence-corrected chi connectivity index (χ4v) is 8.00. The highest BCUT2D eigenvalue weighted by Gasteiger charge is 2.50. The van der Waals surface area contributed by atoms with Crippen molar-refractivity contribution in [3.63, 3.8) is 0 Å². The maximum atomic E-state index is 14.4. The normalized spacial score (nSPS) is 27.2. The van der Waals surface area contributed by atoms with E-state index < -0.39 is 88.8 Å². The lowest BCUT2D eigenvalue weighted by Crippen LogP contribution is -2.46. The first-order chi connectivity index (χ1) is 29.3. The first kappa shape index (κ1) is 47.2. The Morgan fingerprint density at radius 3 is 2.29 bits per heavy atom. The van der Waals surface area contributed by atoms with Gasteiger partial charge >= 0.3 is 11.8 Å². The van der Waals surface area contributed by atoms with Crippen LogP contribution in [0.15, 0.2) is 71.6 Å². The summed E-state index contributed by atoms with van der Waals surface area (Å²) < 4.78 is 23.6. The minimum absolute atomic E-state index is 0.0322. The Hall–Kier alpha value is -5.90. The van der Waals surface area contributed by atoms with Gasteiger partial charge in [-0.2, -0.15) is 0 Å². The van der Waals surface area contributed by atoms with E-state index >= 15 is 0 Å². The molecule has 9 atom stereocenters. The van der Waals surface area contributed by atoms with Crippen LogP contribution in [0.25, 0.3) is 10.8 Å². The van der Waals surface area contributed by atoms with Crippen LogP contribution in [0.1, 0.15) is 81.9 Å². The van der Waals surface area contributed by atoms with Crippen LogP contribution in [-0.2, 0) is 35.1 Å². The number of fused-ring (bicyclic) bond motifs is 14. The molecule has 0 fully saturated rings. The van der Waals surface area contributed by atoms with E-state index in [0.29, 0.717) is 12.8 Å². The number of aliphatic hydroxyl groups is 2. The molecule has 3 aromatic rings. The van der Waals surface area contributed by atoms with E-state index in [1.165, 1.54) is 53.2 Å². The number of aryl methyl sites for hydroxylation is 1. The average molecular weight is 859 g/mol. The molecule has 3 aliphatic heterocycles. The number of amides is 1. The number of hydrogen-bond donors (Lipinski definition) is 6. The van der Waals surface area contributed by atoms with Crippen LogP contribution in [-0.4, -0.2) is 93.3 Å². The lowest BCUT2D eigenvalue weighted by molar-refractivity contribution is -0.160. The number of phenols is 3. The predicted molar refractivity (Wildman–Crippen MR) is 232 cm³/mol. The van der Waals surface area contributed by atoms with E-state index in [2.05, 4.69) is 10.5 Å². The topological polar surface area (TPSA) is 223 Å². The number of rotatable bonds is 8. The van der Waals surface area contributed by atoms with Crippen molar-refractivity contribution in [3.8, 4) is 23.0 Å². The molecule has 5 bridgehead atoms. The van der Waals surface area contributed by atoms with Crippen molar-refractivity contribution in [3.05, 3.63) is 88.7 Å². The van der Waals surface area contributed by atoms with Crippen LogP contribution in [0.2, 0.25) is 0 Å². The number of methoxy groups -OCH3 is 1. The number of phenolic OH excluding ortho intramolecular Hbond substituents is 3. The Kier molecular flexibility index (Phi) is 15.1. The number of aromatic hydroxyl groups is 3. The number of anilines is 1. The molecule has 3 aromatic carbocycles. The molecular formula is C47H58N2O13. The molecule has 0 aliphatic carbocycles. The summed E-state index contributed by atoms with van der Waals surface area (Å²) in [6.07, 6.45) is 5.84. The number of hydrogen-bond acceptors (Lipinski definition) is 14. The quantitative estimate of drug-likeness (QED) is 0.0346. The van der Waals surface area contributed by atoms with Gasteiger partial charge in [-0.1, -0.05) is 81.4 Å². The van der Waals surface area contributed by atoms with E-state index in [9.17, 15) is 39.9 Å². The fourth-order valence-electron chi connectivity index (χ4n) is 8.00. The van der Waals surface area contributed by atoms with Gasteiger partial charge in [0.1, 0.15) is 30.0 Å². The van der Waals surface area contributed by atoms with E-state index in [1.807, 2.05) is 30.3 Å². The number of Topliss-reactive ketones (excluding diaryl/α,β-unsaturated/α-hetero) is 1. The number of carbonyl (C=O) groups is 3. The summed E-state index contributed by atoms with van der Waals surface area (Å²) in [7, 11) is 1.43. The Bertz CT molecular complexity index is 2270. The van der Waals surface area contributed by atoms with E-state index in [1.54, 1.807) is 39.8 Å². The predicted octanol–water partition coefficient (Wildman–Crippen LogP) is 6.74. The van der Waals surface area contributed by atoms with Crippen LogP contribution in [0.3, 0.4) is 0 Å². The Balaban J connectivity index is 1.64. The first-order valence-corrected chi connectivity index (χ1v) is 20.6. The molecule has 0 unspecified atom stereocenters. The molecule has 0 saturated heterocycles. The van der Waals surface area contributed by atoms with Crippen LogP contribution in [0, 0.1) is 30.6 Å². The van der Waals surface area contributed by atoms with Crippen LogP contribution < -0.4 is 10.1 Å². The summed E-state index contributed by atoms with van der Waals surface area (Å²) in [5, 5.41) is 64.4. The number of nitrogens with one attached hydrogen (secondary N) is 1. The minimum atomic E-state index is -2.07. The van der Waals surface area contributed by atoms with E-state index in [4.69, 9.17) is 23.8 Å². The number of ether oxygens (including phenoxy) is 4. The summed E-state index contributed by atoms with van der Waals surface area (Å²) in [6.45, 7) is 12.6. The van der Waals surface area contributed by atoms with Gasteiger partial charge in [0.2, 0.25) is 0 Å². The molecule has 6 N–H and O–H groups in total. The Labute approximate surface area is 361 Å². The third-order valence-corrected chi connectivity index (χ3v) is 11.8. The third-order valence-electron chi connectivity index (χ3n) is 11.8. The molecule has 6 rings (SSSR count). The highest BCUT2D eigenvalue weighted by atomic mass is 16.7. The van der Waals surface area contributed by atoms with Crippen molar-refractivity contribution >= 4 is 40.3 Å². The van der Waals surface area contributed by atoms with Gasteiger partial charge in [0.25, 0.3) is 11.7 Å². The van der Waals surface area contributed by atoms with Gasteiger partial charge < -0.3 is 54.6 Å². The zero-order valence-corrected chi connectivity index (χ0v) is 36.5. The number of nitrogens with zero attached hydrogens (tertiary/aromatic N) is 1. The monoisotopic (exact) mass is 858 g/mol. The Morgan fingerprint density at radius 2 is 1.63 bits per heavy atom. The molecule has 62 heavy (non-hydrogen) atoms. The maximum absolute atomic E-state index is 14.4. The van der Waals surface area contributed by atoms with Crippen molar-refractivity contribution in [2.24, 2.45) is 28.8 Å². The second-order valence-electron chi connectivity index (χ2n) is 16.3. The summed E-state index contributed by atoms with van der Waals surface area (Å²) in [5.74, 6) is -8.67. The summed E-state index contributed by atoms with van der Waals surface area (Å²) in [4.78, 5) is 46.0. The molecule has 0 saturated carbocycles. The number of allylic oxidation sites excluding steroid dienone is 2. The largest absolute Gasteiger partial charge is 0.507 e. The van der Waals surface area contributed by atoms with E-state index in [-0.39, 0.29) is 51.1 Å². The zero-order valence-electron chi connectivity index (χ0n) is 36.5. The molecule has 0 spiro atoms. The third kappa shape index (κ3) is 9.75. The van der Waals surface area contributed by atoms with E-state index in [0.717, 1.165) is 11.8 Å². The maximum Gasteiger partial charge on any atom is 0.312 e. The molecule has 0 aromatic heterocycles. The van der Waals surface area contributed by atoms with Gasteiger partial charge in [-0.3, -0.25) is 14.4 Å². The lowest BCUT2D eigenvalue weighted by atomic mass is 9.78. The van der Waals surface area contributed by atoms with Gasteiger partial charge in [0, 0.05) is 61.2 Å². The zero-order chi connectivity index (χ0) is 45.6. The first-order valence-electron chi connectivity index (χ1n) is 20.6. The Morgan fingerprint density at radius 1 is 0.935 bits per heavy atom. The van der Waals surface area contributed by atoms with Crippen LogP contribution >= 0.6 is 0 Å². The fraction of sp³-hybridized carbons (Fsp3) is 0.447. The highest BCUT2D eigenvalue weighted by Crippen LogP contribution is 2.55. The second-order valence-corrected chi connectivity index (χ2v) is 16.3. The standard InChI is InChI=1S/C47H58N2O13/c1-24-15-13-16-25(2)46(57)49-37-32(23-48-60-21-14-19-31-17-11-10-12-18-31)41(54)34-35(42(37)55)40(53)29(6)44-36(34)45(56)47(8,62-44)59-22-20-33(58-9)26(3)43(61-30(7)50)28(5)39(52)27(4)38(24)51/h10-13,15-18,20,22-24,26-28,33,38-39,43,51-55H,14,19,21H2,1-9H3,(H,49,57)/t24-,26+,27-,28-,33+,38-,39-,43-,47-/m0/s1. The minimum Gasteiger partial charge on any atom is -0.507 e. The summed E-state index contributed by atoms with van der Waals surface area (Å²) in [5.41, 5.74) is 0.484. The highest BCUT2D eigenvalue weighted by molar-refractivity contribution is 6.23. The molecule has 0 radical (unpaired) electrons. The summed E-state index contributed by atoms with van der Waals surface area (Å²) >= 11 is 0. The molecule has 15 heteroatoms. The average Bonchev–Trinajstić information content (AvgIpc) is 3.51. The van der Waals surface area contributed by atoms with Crippen molar-refractivity contribution in [2.45, 2.75) is 98.4 Å². The molecule has 3 aliphatic rings. The van der Waals surface area contributed by atoms with Gasteiger partial charge in [0.05, 0.1) is 53.0 Å². The van der Waals surface area contributed by atoms with Crippen molar-refractivity contribution in [1.29, 1.82) is 0 Å². The number of esters is 1. The van der Waals surface area contributed by atoms with Gasteiger partial charge in [0.15, 0.2) is 5.75 Å². The smallest absolute Gasteiger partial charge is 0.312 e. The van der Waals surface area contributed by atoms with Crippen LogP contribution in [0.4, 0.5) is 5.69 Å². The van der Waals surface area contributed by atoms with Crippen molar-refractivity contribution < 1.29 is 63.7 Å². The number of carbonyl (C=O) groups excluding carboxylic acids is 3. The van der Waals surface area contributed by atoms with Crippen molar-refractivity contribution in [2.75, 3.05) is 19.0 Å². The lowest BCUT2D eigenvalue weighted by Gasteiger charge is -2.38. The molecule has 3 heterocycles. The van der Waals surface area contributed by atoms with Crippen molar-refractivity contribution in [1.82, 2.24) is 0 Å². The molecule has 334 valence electrons. The van der Waals surface area contributed by atoms with Crippen LogP contribution in [0.5, 0.6) is 23.0 Å². The number of oxime groups is 1. The number of aliphatic hydroxyl groups excluding tert-OH is 2. The molecular weight excluding hydrogens is 801 g/mol. The molecule has 1 amide bonds. The second kappa shape index (κ2) is 19.9. The SMILES string of the molecule is CO[C@@H]1C=CO[C@@]2(C)Oc3c(C)c(O)c4c(O)c(c(C=NOCCCc5ccccc5)c(O)c4c3C2=O)NC(=O)C(C)=CC=C[C@H](C)[C@H](O)[C@H](C)[C@H](O)[C@H](C)[C@@H](OC(C)=O)[C@@H]1C.